The van der Waals surface area contributed by atoms with Crippen molar-refractivity contribution in [2.24, 2.45) is 34.5 Å². The predicted octanol–water partition coefficient (Wildman–Crippen LogP) is -0.212. The maximum atomic E-state index is 13.8. The first-order valence-electron chi connectivity index (χ1n) is 9.35. The molecule has 6 nitrogen and oxygen atoms in total. The van der Waals surface area contributed by atoms with Crippen LogP contribution in [-0.2, 0) is 4.79 Å². The molecule has 2 bridgehead atoms. The molecule has 4 aliphatic carbocycles. The first kappa shape index (κ1) is 18.3. The van der Waals surface area contributed by atoms with E-state index in [-0.39, 0.29) is 41.1 Å². The Balaban J connectivity index is 1.98. The number of allylic oxidation sites excluding steroid dienone is 1. The molecule has 5 N–H and O–H groups in total. The minimum atomic E-state index is -2.09. The molecule has 0 heterocycles. The van der Waals surface area contributed by atoms with Gasteiger partial charge < -0.3 is 25.5 Å². The number of carbonyl (C=O) groups excluding carboxylic acids is 1. The van der Waals surface area contributed by atoms with E-state index in [0.29, 0.717) is 12.0 Å². The number of Topliss-reactive ketones (excluding diaryl/α,β-unsaturated/α-hetero) is 1. The monoisotopic (exact) mass is 364 g/mol. The lowest BCUT2D eigenvalue weighted by molar-refractivity contribution is -0.190. The molecule has 0 aromatic heterocycles. The van der Waals surface area contributed by atoms with Crippen LogP contribution in [0.5, 0.6) is 0 Å². The summed E-state index contributed by atoms with van der Waals surface area (Å²) in [5.41, 5.74) is -3.25. The van der Waals surface area contributed by atoms with E-state index >= 15 is 0 Å². The number of hydrogen-bond donors (Lipinski definition) is 5. The number of aliphatic hydroxyl groups is 5. The number of ketones is 1. The molecule has 2 saturated carbocycles. The summed E-state index contributed by atoms with van der Waals surface area (Å²) in [6.45, 7) is 4.95. The van der Waals surface area contributed by atoms with E-state index in [0.717, 1.165) is 0 Å². The van der Waals surface area contributed by atoms with Gasteiger partial charge in [0.2, 0.25) is 0 Å². The fourth-order valence-electron chi connectivity index (χ4n) is 6.48. The van der Waals surface area contributed by atoms with E-state index in [1.807, 2.05) is 13.8 Å². The highest BCUT2D eigenvalue weighted by Gasteiger charge is 2.76. The first-order chi connectivity index (χ1) is 12.1. The third-order valence-electron chi connectivity index (χ3n) is 8.07. The minimum Gasteiger partial charge on any atom is -0.396 e. The van der Waals surface area contributed by atoms with Crippen LogP contribution < -0.4 is 0 Å². The highest BCUT2D eigenvalue weighted by Crippen LogP contribution is 2.71. The fourth-order valence-corrected chi connectivity index (χ4v) is 6.48. The van der Waals surface area contributed by atoms with Gasteiger partial charge in [0.05, 0.1) is 12.0 Å². The van der Waals surface area contributed by atoms with Crippen molar-refractivity contribution in [2.45, 2.75) is 45.0 Å². The van der Waals surface area contributed by atoms with Gasteiger partial charge in [-0.05, 0) is 47.7 Å². The second-order valence-electron chi connectivity index (χ2n) is 9.11. The molecule has 0 unspecified atom stereocenters. The van der Waals surface area contributed by atoms with E-state index in [4.69, 9.17) is 0 Å². The lowest BCUT2D eigenvalue weighted by Gasteiger charge is -2.48. The van der Waals surface area contributed by atoms with E-state index in [2.05, 4.69) is 0 Å². The number of carbonyl (C=O) groups is 1. The molecular formula is C20H28O6. The summed E-state index contributed by atoms with van der Waals surface area (Å²) in [6, 6.07) is 0. The molecule has 144 valence electrons. The standard InChI is InChI=1S/C20H28O6/c1-9-6-19-10(2)4-13-14(18(13,3)8-22)12(17(19)25)5-11(7-21)16(24)20(19,26)15(9)23/h5-6,10,12-16,21-24,26H,4,7-8H2,1-3H3/t10-,12-,13-,14+,15+,16-,18+,19+,20-/m1/s1. The maximum Gasteiger partial charge on any atom is 0.153 e. The van der Waals surface area contributed by atoms with Crippen molar-refractivity contribution in [3.8, 4) is 0 Å². The van der Waals surface area contributed by atoms with Crippen LogP contribution in [0.25, 0.3) is 0 Å². The van der Waals surface area contributed by atoms with Crippen LogP contribution in [-0.4, -0.2) is 62.3 Å². The molecule has 4 rings (SSSR count). The van der Waals surface area contributed by atoms with Gasteiger partial charge in [0.15, 0.2) is 5.78 Å². The smallest absolute Gasteiger partial charge is 0.153 e. The lowest BCUT2D eigenvalue weighted by atomic mass is 9.59. The van der Waals surface area contributed by atoms with Gasteiger partial charge in [-0.15, -0.1) is 0 Å². The van der Waals surface area contributed by atoms with Crippen molar-refractivity contribution >= 4 is 5.78 Å². The third-order valence-corrected chi connectivity index (χ3v) is 8.07. The maximum absolute atomic E-state index is 13.8. The molecule has 9 atom stereocenters. The highest BCUT2D eigenvalue weighted by atomic mass is 16.4. The second-order valence-corrected chi connectivity index (χ2v) is 9.11. The molecule has 0 radical (unpaired) electrons. The average Bonchev–Trinajstić information content (AvgIpc) is 3.16. The van der Waals surface area contributed by atoms with Crippen LogP contribution in [0, 0.1) is 34.5 Å². The highest BCUT2D eigenvalue weighted by molar-refractivity contribution is 5.95. The topological polar surface area (TPSA) is 118 Å². The van der Waals surface area contributed by atoms with Crippen LogP contribution in [0.3, 0.4) is 0 Å². The summed E-state index contributed by atoms with van der Waals surface area (Å²) in [6.07, 6.45) is 0.936. The Morgan fingerprint density at radius 1 is 1.23 bits per heavy atom. The van der Waals surface area contributed by atoms with Gasteiger partial charge in [0.1, 0.15) is 17.8 Å². The van der Waals surface area contributed by atoms with Crippen LogP contribution in [0.4, 0.5) is 0 Å². The average molecular weight is 364 g/mol. The van der Waals surface area contributed by atoms with Gasteiger partial charge >= 0.3 is 0 Å². The molecule has 0 aromatic rings. The Morgan fingerprint density at radius 2 is 1.88 bits per heavy atom. The Morgan fingerprint density at radius 3 is 2.46 bits per heavy atom. The van der Waals surface area contributed by atoms with Crippen LogP contribution in [0.15, 0.2) is 23.3 Å². The van der Waals surface area contributed by atoms with Gasteiger partial charge in [-0.3, -0.25) is 4.79 Å². The molecular weight excluding hydrogens is 336 g/mol. The SMILES string of the molecule is CC1=C[C@]23C(=O)[C@H](C=C(CO)[C@@H](O)[C@]2(O)[C@H]1O)[C@H]1[C@@H](C[C@H]3C)[C@]1(C)CO. The molecule has 6 heteroatoms. The molecule has 0 saturated heterocycles. The van der Waals surface area contributed by atoms with E-state index < -0.39 is 35.7 Å². The minimum absolute atomic E-state index is 0.0293. The van der Waals surface area contributed by atoms with Crippen molar-refractivity contribution < 1.29 is 30.3 Å². The quantitative estimate of drug-likeness (QED) is 0.433. The summed E-state index contributed by atoms with van der Waals surface area (Å²) >= 11 is 0. The van der Waals surface area contributed by atoms with E-state index in [1.165, 1.54) is 0 Å². The Bertz CT molecular complexity index is 728. The third kappa shape index (κ3) is 1.73. The summed E-state index contributed by atoms with van der Waals surface area (Å²) in [5, 5.41) is 53.0. The molecule has 2 fully saturated rings. The van der Waals surface area contributed by atoms with Gasteiger partial charge in [-0.1, -0.05) is 26.0 Å². The normalized spacial score (nSPS) is 55.3. The zero-order valence-corrected chi connectivity index (χ0v) is 15.4. The molecule has 1 spiro atoms. The van der Waals surface area contributed by atoms with Crippen molar-refractivity contribution in [1.82, 2.24) is 0 Å². The summed E-state index contributed by atoms with van der Waals surface area (Å²) < 4.78 is 0. The summed E-state index contributed by atoms with van der Waals surface area (Å²) in [4.78, 5) is 13.8. The fraction of sp³-hybridized carbons (Fsp3) is 0.750. The van der Waals surface area contributed by atoms with Crippen molar-refractivity contribution in [1.29, 1.82) is 0 Å². The van der Waals surface area contributed by atoms with Gasteiger partial charge in [-0.25, -0.2) is 0 Å². The molecule has 0 amide bonds. The van der Waals surface area contributed by atoms with Gasteiger partial charge in [0.25, 0.3) is 0 Å². The molecule has 4 aliphatic rings. The predicted molar refractivity (Wildman–Crippen MR) is 92.8 cm³/mol. The van der Waals surface area contributed by atoms with Gasteiger partial charge in [-0.2, -0.15) is 0 Å². The number of rotatable bonds is 2. The van der Waals surface area contributed by atoms with Crippen LogP contribution in [0.2, 0.25) is 0 Å². The largest absolute Gasteiger partial charge is 0.396 e. The zero-order chi connectivity index (χ0) is 19.2. The van der Waals surface area contributed by atoms with Crippen molar-refractivity contribution in [2.75, 3.05) is 13.2 Å². The van der Waals surface area contributed by atoms with Crippen molar-refractivity contribution in [3.05, 3.63) is 23.3 Å². The Kier molecular flexibility index (Phi) is 3.71. The number of aliphatic hydroxyl groups excluding tert-OH is 4. The van der Waals surface area contributed by atoms with Crippen LogP contribution in [0.1, 0.15) is 27.2 Å². The summed E-state index contributed by atoms with van der Waals surface area (Å²) in [7, 11) is 0. The first-order valence-corrected chi connectivity index (χ1v) is 9.35. The number of fused-ring (bicyclic) bond motifs is 3. The number of hydrogen-bond acceptors (Lipinski definition) is 6. The van der Waals surface area contributed by atoms with Gasteiger partial charge in [0, 0.05) is 12.5 Å². The second kappa shape index (κ2) is 5.26. The van der Waals surface area contributed by atoms with E-state index in [9.17, 15) is 30.3 Å². The molecule has 0 aromatic carbocycles. The summed E-state index contributed by atoms with van der Waals surface area (Å²) in [5.74, 6) is -1.13. The Hall–Kier alpha value is -1.05. The zero-order valence-electron chi connectivity index (χ0n) is 15.4. The molecule has 26 heavy (non-hydrogen) atoms. The molecule has 0 aliphatic heterocycles. The lowest BCUT2D eigenvalue weighted by Crippen LogP contribution is -2.65. The van der Waals surface area contributed by atoms with E-state index in [1.54, 1.807) is 19.1 Å². The van der Waals surface area contributed by atoms with Crippen LogP contribution >= 0.6 is 0 Å². The Labute approximate surface area is 152 Å². The van der Waals surface area contributed by atoms with Crippen molar-refractivity contribution in [3.63, 3.8) is 0 Å².